The Morgan fingerprint density at radius 3 is 0.688 bits per heavy atom. The van der Waals surface area contributed by atoms with Gasteiger partial charge in [0.1, 0.15) is 25.4 Å². The van der Waals surface area contributed by atoms with Gasteiger partial charge in [0, 0.05) is 103 Å². The van der Waals surface area contributed by atoms with Crippen molar-refractivity contribution in [3.8, 4) is 0 Å². The van der Waals surface area contributed by atoms with Crippen LogP contribution < -0.4 is 0 Å². The van der Waals surface area contributed by atoms with Gasteiger partial charge in [-0.3, -0.25) is 0 Å². The molecule has 10 fully saturated rings. The van der Waals surface area contributed by atoms with E-state index in [1.807, 2.05) is 0 Å². The van der Waals surface area contributed by atoms with Crippen molar-refractivity contribution in [2.75, 3.05) is 106 Å². The summed E-state index contributed by atoms with van der Waals surface area (Å²) in [6, 6.07) is 0. The van der Waals surface area contributed by atoms with Gasteiger partial charge in [0.15, 0.2) is 0 Å². The van der Waals surface area contributed by atoms with Crippen LogP contribution in [0.25, 0.3) is 0 Å². The molecule has 10 saturated carbocycles. The molecule has 23 heteroatoms. The molecular weight excluding hydrogens is 1820 g/mol. The van der Waals surface area contributed by atoms with E-state index in [0.717, 1.165) is 247 Å². The van der Waals surface area contributed by atoms with Crippen LogP contribution in [0.15, 0.2) is 50.6 Å². The summed E-state index contributed by atoms with van der Waals surface area (Å²) in [5, 5.41) is 91.1. The smallest absolute Gasteiger partial charge is 0.330 e. The predicted octanol–water partition coefficient (Wildman–Crippen LogP) is 26.3. The van der Waals surface area contributed by atoms with Crippen LogP contribution >= 0.6 is 0 Å². The van der Waals surface area contributed by atoms with E-state index >= 15 is 0 Å². The van der Waals surface area contributed by atoms with E-state index in [9.17, 15) is 39.6 Å². The Kier molecular flexibility index (Phi) is 103. The van der Waals surface area contributed by atoms with E-state index in [4.69, 9.17) is 63.8 Å². The van der Waals surface area contributed by atoms with Crippen LogP contribution in [0.1, 0.15) is 496 Å². The van der Waals surface area contributed by atoms with E-state index in [1.54, 1.807) is 25.7 Å². The third kappa shape index (κ3) is 95.4. The summed E-state index contributed by atoms with van der Waals surface area (Å²) in [6.45, 7) is 29.4. The van der Waals surface area contributed by atoms with Gasteiger partial charge in [0.25, 0.3) is 0 Å². The Morgan fingerprint density at radius 1 is 0.236 bits per heavy atom. The highest BCUT2D eigenvalue weighted by Gasteiger charge is 2.31. The molecule has 0 spiro atoms. The lowest BCUT2D eigenvalue weighted by molar-refractivity contribution is -0.142. The van der Waals surface area contributed by atoms with Crippen LogP contribution in [-0.2, 0) is 61.8 Å². The van der Waals surface area contributed by atoms with E-state index in [2.05, 4.69) is 63.5 Å². The summed E-state index contributed by atoms with van der Waals surface area (Å²) in [5.41, 5.74) is 0. The van der Waals surface area contributed by atoms with E-state index in [0.29, 0.717) is 77.5 Å². The maximum atomic E-state index is 10.8. The number of unbranched alkanes of at least 4 members (excludes halogenated alkanes) is 21. The zero-order valence-electron chi connectivity index (χ0n) is 93.1. The summed E-state index contributed by atoms with van der Waals surface area (Å²) in [7, 11) is 0. The average molecular weight is 2050 g/mol. The van der Waals surface area contributed by atoms with Crippen molar-refractivity contribution in [3.05, 3.63) is 50.6 Å². The molecule has 0 amide bonds. The van der Waals surface area contributed by atoms with Crippen LogP contribution in [0.3, 0.4) is 0 Å². The first-order chi connectivity index (χ1) is 70.1. The molecule has 0 aromatic carbocycles. The Hall–Kier alpha value is -3.76. The third-order valence-corrected chi connectivity index (χ3v) is 29.9. The largest absolute Gasteiger partial charge is 0.462 e. The molecular formula is C121H228O23. The maximum absolute atomic E-state index is 10.8. The van der Waals surface area contributed by atoms with Gasteiger partial charge >= 0.3 is 23.9 Å². The van der Waals surface area contributed by atoms with Gasteiger partial charge in [0.05, 0.1) is 63.1 Å². The molecule has 0 saturated heterocycles. The highest BCUT2D eigenvalue weighted by molar-refractivity contribution is 5.82. The van der Waals surface area contributed by atoms with Crippen LogP contribution in [0.2, 0.25) is 0 Å². The van der Waals surface area contributed by atoms with Gasteiger partial charge in [-0.15, -0.1) is 0 Å². The minimum Gasteiger partial charge on any atom is -0.462 e. The van der Waals surface area contributed by atoms with Crippen molar-refractivity contribution in [3.63, 3.8) is 0 Å². The summed E-state index contributed by atoms with van der Waals surface area (Å²) in [5.74, 6) is 5.09. The van der Waals surface area contributed by atoms with Crippen LogP contribution in [0.5, 0.6) is 0 Å². The molecule has 0 bridgehead atoms. The van der Waals surface area contributed by atoms with Gasteiger partial charge < -0.3 is 93.7 Å². The van der Waals surface area contributed by atoms with Crippen molar-refractivity contribution >= 4 is 23.9 Å². The lowest BCUT2D eigenvalue weighted by Gasteiger charge is -2.35. The molecule has 0 aliphatic heterocycles. The summed E-state index contributed by atoms with van der Waals surface area (Å²) in [4.78, 5) is 43.2. The maximum Gasteiger partial charge on any atom is 0.330 e. The van der Waals surface area contributed by atoms with Crippen molar-refractivity contribution in [2.24, 2.45) is 47.3 Å². The number of hydrogen-bond donors (Lipinski definition) is 10. The molecule has 10 rings (SSSR count). The number of ether oxygens (including phenoxy) is 9. The van der Waals surface area contributed by atoms with E-state index < -0.39 is 36.1 Å². The average Bonchev–Trinajstić information content (AvgIpc) is 0.858. The Morgan fingerprint density at radius 2 is 0.444 bits per heavy atom. The van der Waals surface area contributed by atoms with Gasteiger partial charge in [0.2, 0.25) is 0 Å². The van der Waals surface area contributed by atoms with Gasteiger partial charge in [-0.25, -0.2) is 19.2 Å². The SMILES string of the molecule is C1CCC(C2CCCCC2)CC1.C1CCCCC1.C1CCCCC1.C=CC(=O)OCC(O)COCCCCCCOCC(O)COC(=O)C=C.C=CC(=O)OCCCOCCCCCCOCCCOC(=O)C=C.CC1CCC(C)CC1.CCCCCCCCCCCCCCCCCCOCCC.OC1CCC(C2CCC(O)CC2)CC1.OC1CCC(O)CC1.OC1CCC(O)CC1.OCC1CCC(CO)CC1. The highest BCUT2D eigenvalue weighted by atomic mass is 16.6. The molecule has 2 atom stereocenters. The predicted molar refractivity (Wildman–Crippen MR) is 589 cm³/mol. The summed E-state index contributed by atoms with van der Waals surface area (Å²) < 4.78 is 46.0. The Bertz CT molecular complexity index is 2480. The fourth-order valence-electron chi connectivity index (χ4n) is 20.1. The summed E-state index contributed by atoms with van der Waals surface area (Å²) >= 11 is 0. The first-order valence-electron chi connectivity index (χ1n) is 59.8. The van der Waals surface area contributed by atoms with Crippen LogP contribution in [0.4, 0.5) is 0 Å². The van der Waals surface area contributed by atoms with Crippen LogP contribution in [0, 0.1) is 47.3 Å². The zero-order chi connectivity index (χ0) is 106. The lowest BCUT2D eigenvalue weighted by atomic mass is 9.72. The second-order valence-corrected chi connectivity index (χ2v) is 43.3. The van der Waals surface area contributed by atoms with Crippen molar-refractivity contribution in [1.82, 2.24) is 0 Å². The number of esters is 4. The van der Waals surface area contributed by atoms with Gasteiger partial charge in [-0.1, -0.05) is 343 Å². The fourth-order valence-corrected chi connectivity index (χ4v) is 20.1. The number of aliphatic hydroxyl groups is 10. The number of hydrogen-bond acceptors (Lipinski definition) is 23. The number of carbonyl (C=O) groups is 4. The first-order valence-corrected chi connectivity index (χ1v) is 59.8. The van der Waals surface area contributed by atoms with Crippen molar-refractivity contribution in [2.45, 2.75) is 545 Å². The van der Waals surface area contributed by atoms with Crippen LogP contribution in [-0.4, -0.2) is 229 Å². The van der Waals surface area contributed by atoms with Crippen molar-refractivity contribution < 1.29 is 113 Å². The monoisotopic (exact) mass is 2050 g/mol. The molecule has 10 aliphatic carbocycles. The zero-order valence-corrected chi connectivity index (χ0v) is 93.1. The molecule has 10 N–H and O–H groups in total. The standard InChI is InChI=1S/C21H44O.C18H30O8.C18H30O6.C12H22O2.C12H22.C8H16O2.C8H16.2C6H12O2.2C6H12/c1-3-5-6-7-8-9-10-11-12-13-14-15-16-17-18-19-21-22-20-4-2;1-3-17(21)25-13-15(19)11-23-9-7-5-6-8-10-24-12-16(20)14-26-18(22)4-2;1-3-17(19)23-15-9-13-21-11-7-5-6-8-12-22-14-10-16-24-18(20)4-2;13-11-5-1-9(2-6-11)10-3-7-12(14)8-4-10;1-3-7-11(8-4-1)12-9-5-2-6-10-12;9-5-7-1-2-8(6-10)4-3-7;1-7-3-5-8(2)6-4-7;2*7-5-1-2-6(8)4-3-5;2*1-2-4-6-5-3-1/h3-21H2,1-2H3;3-4,15-16,19-20H,1-2,5-14H2;3-4H,1-2,5-16H2;9-14H,1-8H2;11-12H,1-10H2;7-10H,1-6H2;7-8H,3-6H2,1-2H3;2*5-8H,1-4H2;2*1-6H2. The van der Waals surface area contributed by atoms with E-state index in [-0.39, 0.29) is 63.1 Å². The van der Waals surface area contributed by atoms with E-state index in [1.165, 1.54) is 270 Å². The topological polar surface area (TPSA) is 354 Å². The number of rotatable bonds is 57. The molecule has 0 aromatic heterocycles. The second kappa shape index (κ2) is 106. The Labute approximate surface area is 880 Å². The second-order valence-electron chi connectivity index (χ2n) is 43.3. The molecule has 0 aromatic rings. The fraction of sp³-hybridized carbons (Fsp3) is 0.901. The van der Waals surface area contributed by atoms with Crippen molar-refractivity contribution in [1.29, 1.82) is 0 Å². The molecule has 144 heavy (non-hydrogen) atoms. The first kappa shape index (κ1) is 140. The quantitative estimate of drug-likeness (QED) is 0.0117. The minimum atomic E-state index is -0.843. The summed E-state index contributed by atoms with van der Waals surface area (Å²) in [6.07, 6.45) is 94.2. The lowest BCUT2D eigenvalue weighted by Crippen LogP contribution is -2.28. The van der Waals surface area contributed by atoms with Gasteiger partial charge in [-0.2, -0.15) is 0 Å². The molecule has 10 aliphatic rings. The highest BCUT2D eigenvalue weighted by Crippen LogP contribution is 2.40. The van der Waals surface area contributed by atoms with Gasteiger partial charge in [-0.05, 0) is 214 Å². The third-order valence-electron chi connectivity index (χ3n) is 29.9. The minimum absolute atomic E-state index is 0.0274. The normalized spacial score (nSPS) is 23.5. The molecule has 2 unspecified atom stereocenters. The number of aliphatic hydroxyl groups excluding tert-OH is 10. The molecule has 850 valence electrons. The molecule has 23 nitrogen and oxygen atoms in total. The number of carbonyl (C=O) groups excluding carboxylic acids is 4. The Balaban J connectivity index is 0.00000161. The molecule has 0 radical (unpaired) electrons. The molecule has 0 heterocycles.